The quantitative estimate of drug-likeness (QED) is 0.187. The molecule has 280 valence electrons. The number of nitrogens with zero attached hydrogens (tertiary/aromatic N) is 3. The largest absolute Gasteiger partial charge is 0.363 e. The van der Waals surface area contributed by atoms with Gasteiger partial charge in [0, 0.05) is 40.3 Å². The molecule has 1 aliphatic heterocycles. The van der Waals surface area contributed by atoms with E-state index in [1.807, 2.05) is 34.6 Å². The van der Waals surface area contributed by atoms with Crippen LogP contribution < -0.4 is 21.7 Å². The minimum atomic E-state index is -3.72. The molecule has 0 spiro atoms. The SMILES string of the molecule is CC(C)[C@H]1CCN(C(=O)[C@@H](NC(=O)N[C@H](CN(C)S(=O)(=O)N(C)C)C2CCCCC2)C(C)(C)C)[C@@H]1C(=O)NC(CC1CCC1)C(=O)C(N)=O. The third kappa shape index (κ3) is 10.4. The number of hydrogen-bond donors (Lipinski definition) is 4. The minimum Gasteiger partial charge on any atom is -0.363 e. The number of urea groups is 1. The molecule has 1 unspecified atom stereocenters. The molecule has 0 bridgehead atoms. The maximum absolute atomic E-state index is 14.4. The molecule has 0 aromatic carbocycles. The summed E-state index contributed by atoms with van der Waals surface area (Å²) in [6.45, 7) is 9.80. The summed E-state index contributed by atoms with van der Waals surface area (Å²) in [7, 11) is 0.690. The Labute approximate surface area is 293 Å². The zero-order valence-corrected chi connectivity index (χ0v) is 31.6. The third-order valence-corrected chi connectivity index (χ3v) is 12.6. The second-order valence-corrected chi connectivity index (χ2v) is 18.2. The maximum Gasteiger partial charge on any atom is 0.315 e. The number of ketones is 1. The lowest BCUT2D eigenvalue weighted by Crippen LogP contribution is -2.62. The average molecular weight is 712 g/mol. The molecule has 1 saturated heterocycles. The van der Waals surface area contributed by atoms with Crippen LogP contribution >= 0.6 is 0 Å². The predicted molar refractivity (Wildman–Crippen MR) is 187 cm³/mol. The molecule has 2 aliphatic carbocycles. The van der Waals surface area contributed by atoms with Crippen LogP contribution in [0.1, 0.15) is 98.8 Å². The molecular formula is C34H61N7O7S. The van der Waals surface area contributed by atoms with Crippen molar-refractivity contribution in [1.29, 1.82) is 0 Å². The lowest BCUT2D eigenvalue weighted by molar-refractivity contribution is -0.144. The van der Waals surface area contributed by atoms with Gasteiger partial charge in [0.15, 0.2) is 0 Å². The number of carbonyl (C=O) groups excluding carboxylic acids is 5. The smallest absolute Gasteiger partial charge is 0.315 e. The van der Waals surface area contributed by atoms with E-state index in [0.717, 1.165) is 55.7 Å². The van der Waals surface area contributed by atoms with Crippen LogP contribution in [0, 0.1) is 29.1 Å². The van der Waals surface area contributed by atoms with E-state index < -0.39 is 69.3 Å². The van der Waals surface area contributed by atoms with E-state index in [1.165, 1.54) is 30.3 Å². The number of carbonyl (C=O) groups is 5. The van der Waals surface area contributed by atoms with Gasteiger partial charge in [-0.1, -0.05) is 73.1 Å². The highest BCUT2D eigenvalue weighted by molar-refractivity contribution is 7.86. The number of likely N-dealkylation sites (N-methyl/N-ethyl adjacent to an activating group) is 1. The fraction of sp³-hybridized carbons (Fsp3) is 0.853. The molecule has 1 heterocycles. The van der Waals surface area contributed by atoms with Crippen LogP contribution in [-0.4, -0.2) is 110 Å². The minimum absolute atomic E-state index is 0.0292. The number of primary amides is 1. The fourth-order valence-electron chi connectivity index (χ4n) is 7.47. The van der Waals surface area contributed by atoms with Crippen LogP contribution in [0.3, 0.4) is 0 Å². The van der Waals surface area contributed by atoms with Crippen LogP contribution in [-0.2, 0) is 29.4 Å². The molecule has 0 aromatic rings. The van der Waals surface area contributed by atoms with Gasteiger partial charge in [0.1, 0.15) is 12.1 Å². The summed E-state index contributed by atoms with van der Waals surface area (Å²) >= 11 is 0. The summed E-state index contributed by atoms with van der Waals surface area (Å²) in [5, 5.41) is 8.69. The average Bonchev–Trinajstić information content (AvgIpc) is 3.45. The van der Waals surface area contributed by atoms with Gasteiger partial charge >= 0.3 is 6.03 Å². The second-order valence-electron chi connectivity index (χ2n) is 16.0. The van der Waals surface area contributed by atoms with Gasteiger partial charge in [-0.05, 0) is 54.8 Å². The number of rotatable bonds is 15. The Balaban J connectivity index is 1.84. The van der Waals surface area contributed by atoms with E-state index in [9.17, 15) is 32.4 Å². The maximum atomic E-state index is 14.4. The summed E-state index contributed by atoms with van der Waals surface area (Å²) in [6, 6.07) is -4.07. The molecule has 0 radical (unpaired) electrons. The molecule has 3 aliphatic rings. The van der Waals surface area contributed by atoms with Crippen molar-refractivity contribution < 1.29 is 32.4 Å². The Morgan fingerprint density at radius 3 is 1.98 bits per heavy atom. The highest BCUT2D eigenvalue weighted by Gasteiger charge is 2.48. The van der Waals surface area contributed by atoms with Crippen molar-refractivity contribution in [3.63, 3.8) is 0 Å². The zero-order valence-electron chi connectivity index (χ0n) is 30.8. The molecule has 0 aromatic heterocycles. The lowest BCUT2D eigenvalue weighted by Gasteiger charge is -2.38. The van der Waals surface area contributed by atoms with Crippen LogP contribution in [0.25, 0.3) is 0 Å². The highest BCUT2D eigenvalue weighted by Crippen LogP contribution is 2.35. The Hall–Kier alpha value is -2.78. The first kappa shape index (κ1) is 40.6. The van der Waals surface area contributed by atoms with Crippen LogP contribution in [0.15, 0.2) is 0 Å². The molecule has 2 saturated carbocycles. The van der Waals surface area contributed by atoms with Crippen LogP contribution in [0.4, 0.5) is 4.79 Å². The molecule has 5 amide bonds. The van der Waals surface area contributed by atoms with Crippen molar-refractivity contribution in [2.75, 3.05) is 34.2 Å². The molecule has 49 heavy (non-hydrogen) atoms. The van der Waals surface area contributed by atoms with Crippen molar-refractivity contribution in [3.05, 3.63) is 0 Å². The number of Topliss-reactive ketones (excluding diaryl/α,β-unsaturated/α-hetero) is 1. The molecule has 15 heteroatoms. The normalized spacial score (nSPS) is 22.8. The first-order valence-electron chi connectivity index (χ1n) is 17.9. The molecule has 3 fully saturated rings. The van der Waals surface area contributed by atoms with Gasteiger partial charge < -0.3 is 26.6 Å². The fourth-order valence-corrected chi connectivity index (χ4v) is 8.38. The summed E-state index contributed by atoms with van der Waals surface area (Å²) in [6.07, 6.45) is 8.47. The van der Waals surface area contributed by atoms with Crippen molar-refractivity contribution >= 4 is 39.7 Å². The van der Waals surface area contributed by atoms with Gasteiger partial charge in [-0.3, -0.25) is 19.2 Å². The second kappa shape index (κ2) is 17.0. The highest BCUT2D eigenvalue weighted by atomic mass is 32.2. The van der Waals surface area contributed by atoms with E-state index in [4.69, 9.17) is 5.73 Å². The monoisotopic (exact) mass is 711 g/mol. The Kier molecular flexibility index (Phi) is 14.1. The van der Waals surface area contributed by atoms with Gasteiger partial charge in [0.05, 0.1) is 6.04 Å². The van der Waals surface area contributed by atoms with Gasteiger partial charge in [-0.25, -0.2) is 4.79 Å². The standard InChI is InChI=1S/C34H61N7O7S/c1-21(2)24-17-18-41(27(24)31(44)36-25(28(42)30(35)43)19-22-13-12-14-22)32(45)29(34(3,4)5)38-33(46)37-26(23-15-10-9-11-16-23)20-40(8)49(47,48)39(6)7/h21-27,29H,9-20H2,1-8H3,(H2,35,43)(H,36,44)(H2,37,38,46)/t24-,25?,26-,27+,29-/m1/s1. The third-order valence-electron chi connectivity index (χ3n) is 10.8. The van der Waals surface area contributed by atoms with E-state index in [0.29, 0.717) is 12.8 Å². The summed E-state index contributed by atoms with van der Waals surface area (Å²) in [4.78, 5) is 68.2. The number of hydrogen-bond acceptors (Lipinski definition) is 7. The summed E-state index contributed by atoms with van der Waals surface area (Å²) in [5.41, 5.74) is 4.59. The van der Waals surface area contributed by atoms with Crippen molar-refractivity contribution in [3.8, 4) is 0 Å². The predicted octanol–water partition coefficient (Wildman–Crippen LogP) is 1.99. The zero-order chi connectivity index (χ0) is 36.8. The van der Waals surface area contributed by atoms with Gasteiger partial charge in [-0.2, -0.15) is 17.0 Å². The number of amides is 5. The number of nitrogens with one attached hydrogen (secondary N) is 3. The molecule has 5 atom stereocenters. The number of nitrogens with two attached hydrogens (primary N) is 1. The summed E-state index contributed by atoms with van der Waals surface area (Å²) in [5.74, 6) is -2.80. The van der Waals surface area contributed by atoms with Gasteiger partial charge in [-0.15, -0.1) is 0 Å². The first-order valence-corrected chi connectivity index (χ1v) is 19.3. The Morgan fingerprint density at radius 2 is 1.49 bits per heavy atom. The van der Waals surface area contributed by atoms with E-state index in [-0.39, 0.29) is 36.8 Å². The first-order chi connectivity index (χ1) is 22.7. The molecule has 3 rings (SSSR count). The van der Waals surface area contributed by atoms with Crippen molar-refractivity contribution in [2.45, 2.75) is 123 Å². The number of likely N-dealkylation sites (tertiary alicyclic amines) is 1. The lowest BCUT2D eigenvalue weighted by atomic mass is 9.80. The van der Waals surface area contributed by atoms with E-state index in [1.54, 1.807) is 0 Å². The Bertz CT molecular complexity index is 1310. The van der Waals surface area contributed by atoms with Crippen LogP contribution in [0.2, 0.25) is 0 Å². The van der Waals surface area contributed by atoms with E-state index >= 15 is 0 Å². The van der Waals surface area contributed by atoms with Gasteiger partial charge in [0.2, 0.25) is 17.6 Å². The van der Waals surface area contributed by atoms with Crippen molar-refractivity contribution in [2.24, 2.45) is 34.8 Å². The van der Waals surface area contributed by atoms with Crippen molar-refractivity contribution in [1.82, 2.24) is 29.5 Å². The molecular weight excluding hydrogens is 650 g/mol. The molecule has 14 nitrogen and oxygen atoms in total. The topological polar surface area (TPSA) is 191 Å². The summed E-state index contributed by atoms with van der Waals surface area (Å²) < 4.78 is 28.1. The van der Waals surface area contributed by atoms with Crippen LogP contribution in [0.5, 0.6) is 0 Å². The van der Waals surface area contributed by atoms with E-state index in [2.05, 4.69) is 16.0 Å². The molecule has 5 N–H and O–H groups in total. The Morgan fingerprint density at radius 1 is 0.878 bits per heavy atom. The van der Waals surface area contributed by atoms with Gasteiger partial charge in [0.25, 0.3) is 16.1 Å².